The van der Waals surface area contributed by atoms with Crippen LogP contribution in [0.4, 0.5) is 0 Å². The van der Waals surface area contributed by atoms with Crippen molar-refractivity contribution in [1.82, 2.24) is 19.7 Å². The number of nitrogens with zero attached hydrogens (tertiary/aromatic N) is 3. The highest BCUT2D eigenvalue weighted by atomic mass is 35.5. The number of fused-ring (bicyclic) bond motifs is 1. The number of halogens is 1. The van der Waals surface area contributed by atoms with E-state index < -0.39 is 10.0 Å². The van der Waals surface area contributed by atoms with E-state index in [4.69, 9.17) is 11.6 Å². The molecule has 9 heteroatoms. The van der Waals surface area contributed by atoms with Gasteiger partial charge >= 0.3 is 0 Å². The molecule has 3 aromatic rings. The second kappa shape index (κ2) is 5.64. The first-order valence-corrected chi connectivity index (χ1v) is 8.54. The highest BCUT2D eigenvalue weighted by Gasteiger charge is 2.16. The predicted molar refractivity (Wildman–Crippen MR) is 80.7 cm³/mol. The molecule has 0 saturated heterocycles. The molecule has 21 heavy (non-hydrogen) atoms. The van der Waals surface area contributed by atoms with Crippen LogP contribution >= 0.6 is 22.9 Å². The van der Waals surface area contributed by atoms with Gasteiger partial charge in [0.05, 0.1) is 29.2 Å². The van der Waals surface area contributed by atoms with Gasteiger partial charge in [0.15, 0.2) is 0 Å². The summed E-state index contributed by atoms with van der Waals surface area (Å²) in [5, 5.41) is 0.690. The van der Waals surface area contributed by atoms with Gasteiger partial charge in [0, 0.05) is 0 Å². The molecule has 0 saturated carbocycles. The van der Waals surface area contributed by atoms with E-state index in [0.29, 0.717) is 5.01 Å². The number of aromatic nitrogens is 3. The summed E-state index contributed by atoms with van der Waals surface area (Å²) in [6.45, 7) is 0.115. The number of thiazole rings is 1. The lowest BCUT2D eigenvalue weighted by atomic mass is 10.3. The van der Waals surface area contributed by atoms with Crippen LogP contribution in [0.15, 0.2) is 41.6 Å². The van der Waals surface area contributed by atoms with Crippen molar-refractivity contribution in [1.29, 1.82) is 0 Å². The lowest BCUT2D eigenvalue weighted by Gasteiger charge is -2.03. The van der Waals surface area contributed by atoms with Crippen molar-refractivity contribution in [3.05, 3.63) is 47.0 Å². The van der Waals surface area contributed by atoms with Gasteiger partial charge in [0.2, 0.25) is 15.3 Å². The van der Waals surface area contributed by atoms with Crippen molar-refractivity contribution in [2.75, 3.05) is 0 Å². The van der Waals surface area contributed by atoms with Crippen LogP contribution < -0.4 is 4.72 Å². The number of benzene rings is 1. The Morgan fingerprint density at radius 2 is 1.90 bits per heavy atom. The molecule has 0 aliphatic carbocycles. The van der Waals surface area contributed by atoms with Crippen molar-refractivity contribution < 1.29 is 8.42 Å². The Morgan fingerprint density at radius 1 is 1.19 bits per heavy atom. The third-order valence-electron chi connectivity index (χ3n) is 2.66. The number of nitrogens with one attached hydrogen (secondary N) is 1. The number of hydrogen-bond donors (Lipinski definition) is 1. The number of para-hydroxylation sites is 1. The van der Waals surface area contributed by atoms with Gasteiger partial charge in [-0.2, -0.15) is 0 Å². The second-order valence-corrected chi connectivity index (χ2v) is 7.31. The Hall–Kier alpha value is -1.61. The summed E-state index contributed by atoms with van der Waals surface area (Å²) in [7, 11) is -3.68. The van der Waals surface area contributed by atoms with Crippen molar-refractivity contribution in [2.45, 2.75) is 11.4 Å². The highest BCUT2D eigenvalue weighted by Crippen LogP contribution is 2.21. The summed E-state index contributed by atoms with van der Waals surface area (Å²) >= 11 is 6.98. The Kier molecular flexibility index (Phi) is 3.85. The molecule has 1 aromatic carbocycles. The maximum Gasteiger partial charge on any atom is 0.244 e. The van der Waals surface area contributed by atoms with E-state index in [1.54, 1.807) is 0 Å². The molecule has 3 rings (SSSR count). The SMILES string of the molecule is O=S(=O)(NCc1nc2ccccc2s1)c1cnc(Cl)nc1. The maximum atomic E-state index is 12.1. The minimum atomic E-state index is -3.68. The van der Waals surface area contributed by atoms with Crippen LogP contribution in [-0.2, 0) is 16.6 Å². The van der Waals surface area contributed by atoms with Crippen molar-refractivity contribution in [3.63, 3.8) is 0 Å². The number of rotatable bonds is 4. The summed E-state index contributed by atoms with van der Waals surface area (Å²) in [5.41, 5.74) is 0.853. The average Bonchev–Trinajstić information content (AvgIpc) is 2.89. The third kappa shape index (κ3) is 3.18. The molecule has 0 spiro atoms. The van der Waals surface area contributed by atoms with Crippen LogP contribution in [0.2, 0.25) is 5.28 Å². The van der Waals surface area contributed by atoms with Crippen LogP contribution in [0, 0.1) is 0 Å². The maximum absolute atomic E-state index is 12.1. The molecule has 0 fully saturated rings. The molecule has 0 bridgehead atoms. The first-order chi connectivity index (χ1) is 10.0. The molecule has 0 aliphatic heterocycles. The zero-order chi connectivity index (χ0) is 14.9. The lowest BCUT2D eigenvalue weighted by molar-refractivity contribution is 0.580. The fourth-order valence-electron chi connectivity index (χ4n) is 1.67. The summed E-state index contributed by atoms with van der Waals surface area (Å²) < 4.78 is 27.6. The highest BCUT2D eigenvalue weighted by molar-refractivity contribution is 7.89. The fourth-order valence-corrected chi connectivity index (χ4v) is 3.65. The topological polar surface area (TPSA) is 84.8 Å². The Labute approximate surface area is 129 Å². The Balaban J connectivity index is 1.78. The van der Waals surface area contributed by atoms with Gasteiger partial charge in [-0.25, -0.2) is 28.1 Å². The summed E-state index contributed by atoms with van der Waals surface area (Å²) in [6.07, 6.45) is 2.33. The van der Waals surface area contributed by atoms with E-state index in [0.717, 1.165) is 22.6 Å². The van der Waals surface area contributed by atoms with E-state index in [1.165, 1.54) is 11.3 Å². The smallest absolute Gasteiger partial charge is 0.240 e. The van der Waals surface area contributed by atoms with Crippen LogP contribution in [-0.4, -0.2) is 23.4 Å². The van der Waals surface area contributed by atoms with Crippen LogP contribution in [0.25, 0.3) is 10.2 Å². The lowest BCUT2D eigenvalue weighted by Crippen LogP contribution is -2.23. The Morgan fingerprint density at radius 3 is 2.62 bits per heavy atom. The van der Waals surface area contributed by atoms with Gasteiger partial charge in [-0.15, -0.1) is 11.3 Å². The monoisotopic (exact) mass is 340 g/mol. The van der Waals surface area contributed by atoms with Crippen LogP contribution in [0.1, 0.15) is 5.01 Å². The first-order valence-electron chi connectivity index (χ1n) is 5.86. The van der Waals surface area contributed by atoms with E-state index in [1.807, 2.05) is 24.3 Å². The molecule has 0 aliphatic rings. The predicted octanol–water partition coefficient (Wildman–Crippen LogP) is 2.22. The zero-order valence-corrected chi connectivity index (χ0v) is 12.9. The van der Waals surface area contributed by atoms with Gasteiger partial charge in [-0.1, -0.05) is 12.1 Å². The normalized spacial score (nSPS) is 11.9. The largest absolute Gasteiger partial charge is 0.244 e. The van der Waals surface area contributed by atoms with Crippen molar-refractivity contribution in [3.8, 4) is 0 Å². The van der Waals surface area contributed by atoms with Gasteiger partial charge in [0.1, 0.15) is 9.90 Å². The van der Waals surface area contributed by atoms with Gasteiger partial charge in [-0.05, 0) is 23.7 Å². The molecule has 0 amide bonds. The average molecular weight is 341 g/mol. The summed E-state index contributed by atoms with van der Waals surface area (Å²) in [4.78, 5) is 11.6. The van der Waals surface area contributed by atoms with E-state index in [9.17, 15) is 8.42 Å². The van der Waals surface area contributed by atoms with Gasteiger partial charge in [0.25, 0.3) is 0 Å². The summed E-state index contributed by atoms with van der Waals surface area (Å²) in [5.74, 6) is 0. The molecule has 108 valence electrons. The number of sulfonamides is 1. The standard InChI is InChI=1S/C12H9ClN4O2S2/c13-12-14-5-8(6-15-12)21(18,19)16-7-11-17-9-3-1-2-4-10(9)20-11/h1-6,16H,7H2. The van der Waals surface area contributed by atoms with Crippen LogP contribution in [0.5, 0.6) is 0 Å². The van der Waals surface area contributed by atoms with E-state index in [2.05, 4.69) is 19.7 Å². The minimum Gasteiger partial charge on any atom is -0.240 e. The van der Waals surface area contributed by atoms with Crippen LogP contribution in [0.3, 0.4) is 0 Å². The zero-order valence-electron chi connectivity index (χ0n) is 10.5. The molecule has 1 N–H and O–H groups in total. The molecule has 6 nitrogen and oxygen atoms in total. The molecule has 2 aromatic heterocycles. The molecule has 0 radical (unpaired) electrons. The number of hydrogen-bond acceptors (Lipinski definition) is 6. The summed E-state index contributed by atoms with van der Waals surface area (Å²) in [6, 6.07) is 7.63. The van der Waals surface area contributed by atoms with Crippen molar-refractivity contribution in [2.24, 2.45) is 0 Å². The van der Waals surface area contributed by atoms with Gasteiger partial charge < -0.3 is 0 Å². The van der Waals surface area contributed by atoms with Crippen molar-refractivity contribution >= 4 is 43.2 Å². The van der Waals surface area contributed by atoms with E-state index in [-0.39, 0.29) is 16.7 Å². The quantitative estimate of drug-likeness (QED) is 0.736. The minimum absolute atomic E-state index is 0.000114. The van der Waals surface area contributed by atoms with Gasteiger partial charge in [-0.3, -0.25) is 0 Å². The second-order valence-electron chi connectivity index (χ2n) is 4.09. The Bertz CT molecular complexity index is 845. The fraction of sp³-hybridized carbons (Fsp3) is 0.0833. The third-order valence-corrected chi connectivity index (χ3v) is 5.25. The van der Waals surface area contributed by atoms with E-state index >= 15 is 0 Å². The molecule has 2 heterocycles. The molecule has 0 atom stereocenters. The molecular formula is C12H9ClN4O2S2. The first kappa shape index (κ1) is 14.3. The molecule has 0 unspecified atom stereocenters. The molecular weight excluding hydrogens is 332 g/mol.